The maximum atomic E-state index is 12.9. The molecule has 0 bridgehead atoms. The number of halogens is 1. The molecule has 168 valence electrons. The van der Waals surface area contributed by atoms with E-state index in [1.165, 1.54) is 0 Å². The first-order valence-electron chi connectivity index (χ1n) is 10.4. The molecule has 0 N–H and O–H groups in total. The van der Waals surface area contributed by atoms with Gasteiger partial charge in [-0.3, -0.25) is 4.79 Å². The summed E-state index contributed by atoms with van der Waals surface area (Å²) in [5.74, 6) is -0.106. The molecule has 1 aromatic heterocycles. The number of carbonyl (C=O) groups is 1. The Morgan fingerprint density at radius 2 is 1.66 bits per heavy atom. The van der Waals surface area contributed by atoms with E-state index < -0.39 is 9.84 Å². The zero-order valence-electron chi connectivity index (χ0n) is 18.0. The number of benzene rings is 2. The van der Waals surface area contributed by atoms with Crippen molar-refractivity contribution in [3.8, 4) is 0 Å². The van der Waals surface area contributed by atoms with Gasteiger partial charge in [0.25, 0.3) is 5.91 Å². The highest BCUT2D eigenvalue weighted by Crippen LogP contribution is 2.26. The Morgan fingerprint density at radius 3 is 2.34 bits per heavy atom. The molecular weight excluding hydrogens is 448 g/mol. The second kappa shape index (κ2) is 9.00. The van der Waals surface area contributed by atoms with E-state index in [1.54, 1.807) is 41.3 Å². The molecule has 1 aliphatic rings. The second-order valence-electron chi connectivity index (χ2n) is 8.05. The molecule has 6 nitrogen and oxygen atoms in total. The van der Waals surface area contributed by atoms with Crippen LogP contribution in [-0.4, -0.2) is 45.4 Å². The molecule has 32 heavy (non-hydrogen) atoms. The van der Waals surface area contributed by atoms with Crippen molar-refractivity contribution in [3.05, 3.63) is 82.3 Å². The van der Waals surface area contributed by atoms with Crippen molar-refractivity contribution >= 4 is 33.0 Å². The third-order valence-corrected chi connectivity index (χ3v) is 7.55. The van der Waals surface area contributed by atoms with Gasteiger partial charge in [0.05, 0.1) is 4.90 Å². The molecule has 3 aromatic rings. The van der Waals surface area contributed by atoms with Gasteiger partial charge in [0.2, 0.25) is 0 Å². The predicted octanol–water partition coefficient (Wildman–Crippen LogP) is 4.49. The summed E-state index contributed by atoms with van der Waals surface area (Å²) in [6, 6.07) is 15.6. The Hall–Kier alpha value is -2.77. The van der Waals surface area contributed by atoms with E-state index in [0.29, 0.717) is 31.2 Å². The van der Waals surface area contributed by atoms with Gasteiger partial charge in [0, 0.05) is 36.9 Å². The summed E-state index contributed by atoms with van der Waals surface area (Å²) in [4.78, 5) is 17.1. The number of nitrogens with zero attached hydrogens (tertiary/aromatic N) is 2. The monoisotopic (exact) mass is 472 g/mol. The van der Waals surface area contributed by atoms with E-state index in [1.807, 2.05) is 32.0 Å². The molecule has 1 amide bonds. The molecule has 0 atom stereocenters. The van der Waals surface area contributed by atoms with Crippen LogP contribution in [0.5, 0.6) is 0 Å². The average molecular weight is 473 g/mol. The van der Waals surface area contributed by atoms with Crippen molar-refractivity contribution in [1.29, 1.82) is 0 Å². The first-order valence-corrected chi connectivity index (χ1v) is 12.4. The van der Waals surface area contributed by atoms with Crippen molar-refractivity contribution in [2.75, 3.05) is 31.1 Å². The molecule has 0 aliphatic carbocycles. The van der Waals surface area contributed by atoms with Crippen LogP contribution < -0.4 is 4.90 Å². The summed E-state index contributed by atoms with van der Waals surface area (Å²) >= 11 is 6.14. The molecular formula is C24H25ClN2O4S. The molecule has 0 spiro atoms. The Kier molecular flexibility index (Phi) is 6.31. The van der Waals surface area contributed by atoms with Crippen LogP contribution in [0.25, 0.3) is 0 Å². The fourth-order valence-corrected chi connectivity index (χ4v) is 5.23. The fraction of sp³-hybridized carbons (Fsp3) is 0.292. The van der Waals surface area contributed by atoms with Gasteiger partial charge in [0.1, 0.15) is 11.5 Å². The zero-order chi connectivity index (χ0) is 22.9. The van der Waals surface area contributed by atoms with Gasteiger partial charge in [-0.2, -0.15) is 0 Å². The van der Waals surface area contributed by atoms with Gasteiger partial charge in [-0.25, -0.2) is 8.42 Å². The Labute approximate surface area is 193 Å². The number of amides is 1. The van der Waals surface area contributed by atoms with Crippen molar-refractivity contribution in [1.82, 2.24) is 4.90 Å². The fourth-order valence-electron chi connectivity index (χ4n) is 3.82. The van der Waals surface area contributed by atoms with Crippen LogP contribution in [0.15, 0.2) is 63.9 Å². The van der Waals surface area contributed by atoms with E-state index in [4.69, 9.17) is 16.0 Å². The van der Waals surface area contributed by atoms with E-state index in [9.17, 15) is 13.2 Å². The van der Waals surface area contributed by atoms with Gasteiger partial charge >= 0.3 is 0 Å². The normalized spacial score (nSPS) is 14.6. The third-order valence-electron chi connectivity index (χ3n) is 5.66. The average Bonchev–Trinajstić information content (AvgIpc) is 3.23. The Balaban J connectivity index is 1.40. The topological polar surface area (TPSA) is 70.8 Å². The summed E-state index contributed by atoms with van der Waals surface area (Å²) in [5.41, 5.74) is 3.20. The molecule has 0 unspecified atom stereocenters. The van der Waals surface area contributed by atoms with Gasteiger partial charge in [-0.15, -0.1) is 0 Å². The lowest BCUT2D eigenvalue weighted by Crippen LogP contribution is -2.48. The van der Waals surface area contributed by atoms with Crippen LogP contribution in [0.4, 0.5) is 5.69 Å². The first kappa shape index (κ1) is 22.4. The number of carbonyl (C=O) groups excluding carboxylic acids is 1. The molecule has 2 aromatic carbocycles. The summed E-state index contributed by atoms with van der Waals surface area (Å²) in [7, 11) is -3.55. The lowest BCUT2D eigenvalue weighted by atomic mass is 10.1. The highest BCUT2D eigenvalue weighted by Gasteiger charge is 2.26. The maximum Gasteiger partial charge on any atom is 0.289 e. The number of sulfone groups is 1. The number of rotatable bonds is 5. The Bertz CT molecular complexity index is 1230. The number of anilines is 1. The van der Waals surface area contributed by atoms with Crippen LogP contribution >= 0.6 is 11.6 Å². The molecule has 4 rings (SSSR count). The van der Waals surface area contributed by atoms with Crippen molar-refractivity contribution < 1.29 is 17.6 Å². The minimum absolute atomic E-state index is 0.159. The maximum absolute atomic E-state index is 12.9. The molecule has 0 radical (unpaired) electrons. The van der Waals surface area contributed by atoms with Crippen LogP contribution in [-0.2, 0) is 15.6 Å². The molecule has 1 fully saturated rings. The van der Waals surface area contributed by atoms with Crippen LogP contribution in [0.3, 0.4) is 0 Å². The largest absolute Gasteiger partial charge is 0.455 e. The summed E-state index contributed by atoms with van der Waals surface area (Å²) < 4.78 is 30.9. The first-order chi connectivity index (χ1) is 15.2. The molecule has 8 heteroatoms. The smallest absolute Gasteiger partial charge is 0.289 e. The summed E-state index contributed by atoms with van der Waals surface area (Å²) in [6.45, 7) is 6.39. The van der Waals surface area contributed by atoms with E-state index >= 15 is 0 Å². The molecule has 1 aliphatic heterocycles. The highest BCUT2D eigenvalue weighted by atomic mass is 35.5. The van der Waals surface area contributed by atoms with E-state index in [2.05, 4.69) is 4.90 Å². The molecule has 2 heterocycles. The minimum atomic E-state index is -3.55. The number of furan rings is 1. The Morgan fingerprint density at radius 1 is 0.969 bits per heavy atom. The van der Waals surface area contributed by atoms with Gasteiger partial charge in [0.15, 0.2) is 15.6 Å². The van der Waals surface area contributed by atoms with Gasteiger partial charge < -0.3 is 14.2 Å². The third kappa shape index (κ3) is 4.84. The van der Waals surface area contributed by atoms with E-state index in [0.717, 1.165) is 16.8 Å². The summed E-state index contributed by atoms with van der Waals surface area (Å²) in [6.07, 6.45) is 0. The SMILES string of the molecule is Cc1ccc(S(=O)(=O)Cc2ccc(C(=O)N3CCN(c4cc(Cl)ccc4C)CC3)o2)cc1. The lowest BCUT2D eigenvalue weighted by molar-refractivity contribution is 0.0713. The van der Waals surface area contributed by atoms with Crippen LogP contribution in [0.1, 0.15) is 27.4 Å². The van der Waals surface area contributed by atoms with Gasteiger partial charge in [-0.05, 0) is 55.8 Å². The second-order valence-corrected chi connectivity index (χ2v) is 10.5. The highest BCUT2D eigenvalue weighted by molar-refractivity contribution is 7.90. The predicted molar refractivity (Wildman–Crippen MR) is 125 cm³/mol. The van der Waals surface area contributed by atoms with Crippen molar-refractivity contribution in [2.24, 2.45) is 0 Å². The summed E-state index contributed by atoms with van der Waals surface area (Å²) in [5, 5.41) is 0.688. The van der Waals surface area contributed by atoms with E-state index in [-0.39, 0.29) is 28.1 Å². The quantitative estimate of drug-likeness (QED) is 0.547. The number of hydrogen-bond donors (Lipinski definition) is 0. The van der Waals surface area contributed by atoms with Crippen molar-refractivity contribution in [2.45, 2.75) is 24.5 Å². The van der Waals surface area contributed by atoms with Crippen LogP contribution in [0.2, 0.25) is 5.02 Å². The number of hydrogen-bond acceptors (Lipinski definition) is 5. The standard InChI is InChI=1S/C24H25ClN2O4S/c1-17-3-8-21(9-4-17)32(29,30)16-20-7-10-23(31-20)24(28)27-13-11-26(12-14-27)22-15-19(25)6-5-18(22)2/h3-10,15H,11-14,16H2,1-2H3. The lowest BCUT2D eigenvalue weighted by Gasteiger charge is -2.36. The zero-order valence-corrected chi connectivity index (χ0v) is 19.6. The molecule has 1 saturated heterocycles. The molecule has 0 saturated carbocycles. The van der Waals surface area contributed by atoms with Gasteiger partial charge in [-0.1, -0.05) is 35.4 Å². The van der Waals surface area contributed by atoms with Crippen LogP contribution in [0, 0.1) is 13.8 Å². The number of piperazine rings is 1. The minimum Gasteiger partial charge on any atom is -0.455 e. The number of aryl methyl sites for hydroxylation is 2. The van der Waals surface area contributed by atoms with Crippen molar-refractivity contribution in [3.63, 3.8) is 0 Å².